The van der Waals surface area contributed by atoms with Crippen molar-refractivity contribution in [1.82, 2.24) is 0 Å². The minimum absolute atomic E-state index is 0.285. The molecule has 0 aromatic heterocycles. The van der Waals surface area contributed by atoms with E-state index in [1.807, 2.05) is 0 Å². The maximum atomic E-state index is 12.3. The van der Waals surface area contributed by atoms with Crippen LogP contribution in [0.5, 0.6) is 0 Å². The number of hydroxylamine groups is 3. The number of nitrogens with zero attached hydrogens (tertiary/aromatic N) is 1. The van der Waals surface area contributed by atoms with Crippen LogP contribution in [0, 0.1) is 5.21 Å². The fourth-order valence-corrected chi connectivity index (χ4v) is 1.71. The maximum Gasteiger partial charge on any atom is 0.0978 e. The Hall–Kier alpha value is -1.12. The van der Waals surface area contributed by atoms with E-state index in [1.54, 1.807) is 12.2 Å². The number of hydrogen-bond acceptors (Lipinski definition) is 1. The first-order chi connectivity index (χ1) is 8.43. The monoisotopic (exact) mass is 249 g/mol. The Balaban J connectivity index is 4.34. The van der Waals surface area contributed by atoms with Crippen LogP contribution in [0.2, 0.25) is 0 Å². The van der Waals surface area contributed by atoms with Gasteiger partial charge >= 0.3 is 0 Å². The highest BCUT2D eigenvalue weighted by Crippen LogP contribution is 2.10. The standard InChI is InChI=1S/C16H27NO/c1-6-12-17(18,13-7-2)14-11-16(5)10-8-9-15(3)4/h6-7,9,11H,1-2,8,10,12-14H2,3-5H3/b16-11+. The lowest BCUT2D eigenvalue weighted by Gasteiger charge is -2.40. The van der Waals surface area contributed by atoms with Gasteiger partial charge in [-0.2, -0.15) is 0 Å². The molecular weight excluding hydrogens is 222 g/mol. The smallest absolute Gasteiger partial charge is 0.0978 e. The lowest BCUT2D eigenvalue weighted by Crippen LogP contribution is -2.42. The van der Waals surface area contributed by atoms with Crippen molar-refractivity contribution in [2.75, 3.05) is 19.6 Å². The molecule has 0 aromatic carbocycles. The summed E-state index contributed by atoms with van der Waals surface area (Å²) in [5, 5.41) is 12.3. The number of rotatable bonds is 9. The first kappa shape index (κ1) is 16.9. The highest BCUT2D eigenvalue weighted by atomic mass is 16.5. The Morgan fingerprint density at radius 3 is 2.00 bits per heavy atom. The van der Waals surface area contributed by atoms with Gasteiger partial charge < -0.3 is 9.85 Å². The van der Waals surface area contributed by atoms with E-state index in [2.05, 4.69) is 46.1 Å². The van der Waals surface area contributed by atoms with Gasteiger partial charge in [0.25, 0.3) is 0 Å². The summed E-state index contributed by atoms with van der Waals surface area (Å²) in [5.41, 5.74) is 2.62. The molecule has 0 spiro atoms. The molecule has 2 nitrogen and oxygen atoms in total. The molecule has 0 unspecified atom stereocenters. The van der Waals surface area contributed by atoms with E-state index >= 15 is 0 Å². The molecule has 0 radical (unpaired) electrons. The van der Waals surface area contributed by atoms with E-state index in [0.29, 0.717) is 19.6 Å². The lowest BCUT2D eigenvalue weighted by atomic mass is 10.1. The summed E-state index contributed by atoms with van der Waals surface area (Å²) in [7, 11) is 0. The van der Waals surface area contributed by atoms with Crippen molar-refractivity contribution in [2.24, 2.45) is 0 Å². The second-order valence-corrected chi connectivity index (χ2v) is 5.05. The van der Waals surface area contributed by atoms with E-state index < -0.39 is 0 Å². The van der Waals surface area contributed by atoms with Crippen molar-refractivity contribution >= 4 is 0 Å². The van der Waals surface area contributed by atoms with Gasteiger partial charge in [-0.25, -0.2) is 0 Å². The summed E-state index contributed by atoms with van der Waals surface area (Å²) in [4.78, 5) is 0. The van der Waals surface area contributed by atoms with E-state index in [1.165, 1.54) is 11.1 Å². The van der Waals surface area contributed by atoms with Crippen LogP contribution >= 0.6 is 0 Å². The molecular formula is C16H27NO. The van der Waals surface area contributed by atoms with Crippen molar-refractivity contribution in [2.45, 2.75) is 33.6 Å². The summed E-state index contributed by atoms with van der Waals surface area (Å²) in [6.07, 6.45) is 9.72. The Kier molecular flexibility index (Phi) is 8.34. The fraction of sp³-hybridized carbons (Fsp3) is 0.500. The quantitative estimate of drug-likeness (QED) is 0.338. The molecule has 0 N–H and O–H groups in total. The van der Waals surface area contributed by atoms with E-state index in [-0.39, 0.29) is 4.65 Å². The van der Waals surface area contributed by atoms with Crippen LogP contribution in [0.1, 0.15) is 33.6 Å². The van der Waals surface area contributed by atoms with Crippen LogP contribution in [0.25, 0.3) is 0 Å². The SMILES string of the molecule is C=CC[N+]([O-])(CC=C)C/C=C(\C)CCC=C(C)C. The lowest BCUT2D eigenvalue weighted by molar-refractivity contribution is -0.862. The van der Waals surface area contributed by atoms with Gasteiger partial charge in [-0.3, -0.25) is 0 Å². The molecule has 0 amide bonds. The van der Waals surface area contributed by atoms with Crippen LogP contribution in [0.4, 0.5) is 0 Å². The van der Waals surface area contributed by atoms with E-state index in [9.17, 15) is 5.21 Å². The fourth-order valence-electron chi connectivity index (χ4n) is 1.71. The van der Waals surface area contributed by atoms with Gasteiger partial charge in [-0.15, -0.1) is 0 Å². The van der Waals surface area contributed by atoms with Crippen molar-refractivity contribution in [1.29, 1.82) is 0 Å². The zero-order valence-corrected chi connectivity index (χ0v) is 12.1. The zero-order chi connectivity index (χ0) is 14.0. The van der Waals surface area contributed by atoms with Gasteiger partial charge in [0.1, 0.15) is 0 Å². The third-order valence-corrected chi connectivity index (χ3v) is 2.79. The molecule has 18 heavy (non-hydrogen) atoms. The molecule has 102 valence electrons. The summed E-state index contributed by atoms with van der Waals surface area (Å²) in [6.45, 7) is 15.0. The van der Waals surface area contributed by atoms with Crippen molar-refractivity contribution in [3.8, 4) is 0 Å². The van der Waals surface area contributed by atoms with Crippen LogP contribution < -0.4 is 0 Å². The molecule has 0 heterocycles. The second-order valence-electron chi connectivity index (χ2n) is 5.05. The predicted molar refractivity (Wildman–Crippen MR) is 81.0 cm³/mol. The molecule has 0 saturated heterocycles. The molecule has 0 saturated carbocycles. The first-order valence-corrected chi connectivity index (χ1v) is 6.51. The zero-order valence-electron chi connectivity index (χ0n) is 12.1. The molecule has 0 rings (SSSR count). The molecule has 0 aromatic rings. The maximum absolute atomic E-state index is 12.3. The highest BCUT2D eigenvalue weighted by Gasteiger charge is 2.10. The topological polar surface area (TPSA) is 23.1 Å². The van der Waals surface area contributed by atoms with Gasteiger partial charge in [-0.05, 0) is 51.8 Å². The Morgan fingerprint density at radius 2 is 1.56 bits per heavy atom. The molecule has 0 atom stereocenters. The molecule has 0 bridgehead atoms. The van der Waals surface area contributed by atoms with Gasteiger partial charge in [-0.1, -0.05) is 30.4 Å². The van der Waals surface area contributed by atoms with E-state index in [4.69, 9.17) is 0 Å². The summed E-state index contributed by atoms with van der Waals surface area (Å²) in [5.74, 6) is 0. The summed E-state index contributed by atoms with van der Waals surface area (Å²) < 4.78 is -0.285. The third kappa shape index (κ3) is 8.04. The van der Waals surface area contributed by atoms with Gasteiger partial charge in [0.05, 0.1) is 19.6 Å². The first-order valence-electron chi connectivity index (χ1n) is 6.51. The van der Waals surface area contributed by atoms with Crippen molar-refractivity contribution in [3.05, 3.63) is 53.8 Å². The largest absolute Gasteiger partial charge is 0.632 e. The average molecular weight is 249 g/mol. The Labute approximate surface area is 112 Å². The van der Waals surface area contributed by atoms with Gasteiger partial charge in [0, 0.05) is 0 Å². The minimum Gasteiger partial charge on any atom is -0.632 e. The summed E-state index contributed by atoms with van der Waals surface area (Å²) in [6, 6.07) is 0. The third-order valence-electron chi connectivity index (χ3n) is 2.79. The average Bonchev–Trinajstić information content (AvgIpc) is 2.27. The normalized spacial score (nSPS) is 12.1. The molecule has 0 fully saturated rings. The van der Waals surface area contributed by atoms with E-state index in [0.717, 1.165) is 12.8 Å². The highest BCUT2D eigenvalue weighted by molar-refractivity contribution is 5.02. The second kappa shape index (κ2) is 8.90. The molecule has 0 aliphatic rings. The number of allylic oxidation sites excluding steroid dienone is 3. The molecule has 0 aliphatic carbocycles. The van der Waals surface area contributed by atoms with Gasteiger partial charge in [0.15, 0.2) is 0 Å². The van der Waals surface area contributed by atoms with Crippen LogP contribution in [-0.2, 0) is 0 Å². The van der Waals surface area contributed by atoms with Crippen LogP contribution in [0.15, 0.2) is 48.6 Å². The predicted octanol–water partition coefficient (Wildman–Crippen LogP) is 4.37. The summed E-state index contributed by atoms with van der Waals surface area (Å²) >= 11 is 0. The number of quaternary nitrogens is 1. The number of hydrogen-bond donors (Lipinski definition) is 0. The van der Waals surface area contributed by atoms with Crippen LogP contribution in [-0.4, -0.2) is 24.3 Å². The molecule has 0 aliphatic heterocycles. The molecule has 2 heteroatoms. The van der Waals surface area contributed by atoms with Gasteiger partial charge in [0.2, 0.25) is 0 Å². The Bertz CT molecular complexity index is 312. The van der Waals surface area contributed by atoms with Crippen molar-refractivity contribution < 1.29 is 4.65 Å². The minimum atomic E-state index is -0.285. The van der Waals surface area contributed by atoms with Crippen molar-refractivity contribution in [3.63, 3.8) is 0 Å². The van der Waals surface area contributed by atoms with Crippen LogP contribution in [0.3, 0.4) is 0 Å². The Morgan fingerprint density at radius 1 is 1.00 bits per heavy atom.